The van der Waals surface area contributed by atoms with E-state index in [-0.39, 0.29) is 25.4 Å². The maximum absolute atomic E-state index is 12.6. The van der Waals surface area contributed by atoms with Crippen LogP contribution in [-0.4, -0.2) is 32.8 Å². The van der Waals surface area contributed by atoms with Crippen LogP contribution in [0.15, 0.2) is 76.1 Å². The SMILES string of the molecule is CCCCCCc1c(C)c2ccc(OCC(O)Cn3cc(COc4ccc5ccccc5c4)nn3)cc2oc1=O. The number of hydrogen-bond acceptors (Lipinski definition) is 7. The van der Waals surface area contributed by atoms with Crippen LogP contribution >= 0.6 is 0 Å². The fourth-order valence-electron chi connectivity index (χ4n) is 4.85. The van der Waals surface area contributed by atoms with Crippen LogP contribution in [0, 0.1) is 6.92 Å². The molecule has 40 heavy (non-hydrogen) atoms. The third-order valence-electron chi connectivity index (χ3n) is 7.07. The molecule has 3 aromatic carbocycles. The van der Waals surface area contributed by atoms with Crippen LogP contribution in [0.4, 0.5) is 0 Å². The van der Waals surface area contributed by atoms with E-state index in [1.54, 1.807) is 16.9 Å². The third kappa shape index (κ3) is 6.69. The van der Waals surface area contributed by atoms with E-state index in [4.69, 9.17) is 13.9 Å². The minimum absolute atomic E-state index is 0.0486. The first-order chi connectivity index (χ1) is 19.5. The Balaban J connectivity index is 1.13. The molecule has 0 saturated carbocycles. The highest BCUT2D eigenvalue weighted by atomic mass is 16.5. The predicted molar refractivity (Wildman–Crippen MR) is 155 cm³/mol. The average Bonchev–Trinajstić information content (AvgIpc) is 3.41. The zero-order valence-electron chi connectivity index (χ0n) is 23.0. The first-order valence-electron chi connectivity index (χ1n) is 13.9. The number of rotatable bonds is 13. The fraction of sp³-hybridized carbons (Fsp3) is 0.344. The molecule has 1 unspecified atom stereocenters. The van der Waals surface area contributed by atoms with Gasteiger partial charge < -0.3 is 19.0 Å². The van der Waals surface area contributed by atoms with Crippen LogP contribution in [0.2, 0.25) is 0 Å². The van der Waals surface area contributed by atoms with Crippen molar-refractivity contribution < 1.29 is 19.0 Å². The summed E-state index contributed by atoms with van der Waals surface area (Å²) in [5.74, 6) is 1.28. The van der Waals surface area contributed by atoms with Crippen molar-refractivity contribution in [3.8, 4) is 11.5 Å². The van der Waals surface area contributed by atoms with Gasteiger partial charge in [-0.05, 0) is 60.4 Å². The number of aryl methyl sites for hydroxylation is 1. The van der Waals surface area contributed by atoms with Crippen molar-refractivity contribution in [1.29, 1.82) is 0 Å². The van der Waals surface area contributed by atoms with Crippen molar-refractivity contribution in [3.63, 3.8) is 0 Å². The van der Waals surface area contributed by atoms with Gasteiger partial charge in [0.15, 0.2) is 0 Å². The van der Waals surface area contributed by atoms with E-state index in [9.17, 15) is 9.90 Å². The zero-order valence-corrected chi connectivity index (χ0v) is 23.0. The molecule has 8 heteroatoms. The first-order valence-corrected chi connectivity index (χ1v) is 13.9. The maximum atomic E-state index is 12.6. The lowest BCUT2D eigenvalue weighted by Gasteiger charge is -2.13. The Morgan fingerprint density at radius 3 is 2.62 bits per heavy atom. The molecule has 5 rings (SSSR count). The van der Waals surface area contributed by atoms with E-state index < -0.39 is 6.10 Å². The number of benzene rings is 3. The number of fused-ring (bicyclic) bond motifs is 2. The van der Waals surface area contributed by atoms with E-state index in [2.05, 4.69) is 23.3 Å². The van der Waals surface area contributed by atoms with Crippen molar-refractivity contribution in [2.24, 2.45) is 0 Å². The van der Waals surface area contributed by atoms with E-state index in [1.165, 1.54) is 6.42 Å². The molecule has 8 nitrogen and oxygen atoms in total. The van der Waals surface area contributed by atoms with Crippen LogP contribution in [0.5, 0.6) is 11.5 Å². The molecule has 0 bridgehead atoms. The molecule has 208 valence electrons. The molecule has 0 aliphatic rings. The molecular formula is C32H35N3O5. The quantitative estimate of drug-likeness (QED) is 0.144. The Kier molecular flexibility index (Phi) is 8.76. The largest absolute Gasteiger partial charge is 0.491 e. The van der Waals surface area contributed by atoms with Crippen LogP contribution in [0.25, 0.3) is 21.7 Å². The lowest BCUT2D eigenvalue weighted by atomic mass is 10.0. The fourth-order valence-corrected chi connectivity index (χ4v) is 4.85. The van der Waals surface area contributed by atoms with Gasteiger partial charge in [-0.2, -0.15) is 0 Å². The summed E-state index contributed by atoms with van der Waals surface area (Å²) < 4.78 is 18.9. The number of aliphatic hydroxyl groups excluding tert-OH is 1. The Labute approximate surface area is 233 Å². The number of ether oxygens (including phenoxy) is 2. The van der Waals surface area contributed by atoms with Gasteiger partial charge in [0.25, 0.3) is 0 Å². The monoisotopic (exact) mass is 541 g/mol. The highest BCUT2D eigenvalue weighted by Gasteiger charge is 2.14. The average molecular weight is 542 g/mol. The summed E-state index contributed by atoms with van der Waals surface area (Å²) in [6.45, 7) is 4.67. The normalized spacial score (nSPS) is 12.2. The first kappa shape index (κ1) is 27.4. The molecular weight excluding hydrogens is 506 g/mol. The Bertz CT molecular complexity index is 1640. The topological polar surface area (TPSA) is 99.6 Å². The van der Waals surface area contributed by atoms with Gasteiger partial charge in [0.05, 0.1) is 12.7 Å². The summed E-state index contributed by atoms with van der Waals surface area (Å²) in [6.07, 6.45) is 6.08. The van der Waals surface area contributed by atoms with Crippen molar-refractivity contribution in [2.75, 3.05) is 6.61 Å². The molecule has 2 aromatic heterocycles. The summed E-state index contributed by atoms with van der Waals surface area (Å²) >= 11 is 0. The van der Waals surface area contributed by atoms with E-state index in [0.717, 1.165) is 58.7 Å². The van der Waals surface area contributed by atoms with Crippen LogP contribution < -0.4 is 15.1 Å². The standard InChI is InChI=1S/C32H35N3O5/c1-3-4-5-6-11-30-22(2)29-15-14-28(17-31(29)40-32(30)37)39-21-26(36)19-35-18-25(33-34-35)20-38-27-13-12-23-9-7-8-10-24(23)16-27/h7-10,12-18,26,36H,3-6,11,19-21H2,1-2H3. The van der Waals surface area contributed by atoms with Crippen LogP contribution in [-0.2, 0) is 19.6 Å². The summed E-state index contributed by atoms with van der Waals surface area (Å²) in [4.78, 5) is 12.6. The molecule has 0 aliphatic heterocycles. The van der Waals surface area contributed by atoms with Gasteiger partial charge in [0, 0.05) is 17.0 Å². The van der Waals surface area contributed by atoms with Crippen LogP contribution in [0.1, 0.15) is 49.4 Å². The lowest BCUT2D eigenvalue weighted by molar-refractivity contribution is 0.0888. The van der Waals surface area contributed by atoms with Gasteiger partial charge >= 0.3 is 5.63 Å². The van der Waals surface area contributed by atoms with Gasteiger partial charge in [-0.25, -0.2) is 9.48 Å². The third-order valence-corrected chi connectivity index (χ3v) is 7.07. The number of nitrogens with zero attached hydrogens (tertiary/aromatic N) is 3. The van der Waals surface area contributed by atoms with Crippen molar-refractivity contribution in [2.45, 2.75) is 65.2 Å². The molecule has 0 fully saturated rings. The van der Waals surface area contributed by atoms with E-state index in [0.29, 0.717) is 17.0 Å². The smallest absolute Gasteiger partial charge is 0.339 e. The molecule has 5 aromatic rings. The molecule has 1 atom stereocenters. The predicted octanol–water partition coefficient (Wildman–Crippen LogP) is 5.99. The molecule has 1 N–H and O–H groups in total. The number of aromatic nitrogens is 3. The Hall–Kier alpha value is -4.17. The minimum atomic E-state index is -0.814. The highest BCUT2D eigenvalue weighted by Crippen LogP contribution is 2.25. The number of hydrogen-bond donors (Lipinski definition) is 1. The second-order valence-electron chi connectivity index (χ2n) is 10.2. The summed E-state index contributed by atoms with van der Waals surface area (Å²) in [5, 5.41) is 21.9. The van der Waals surface area contributed by atoms with Gasteiger partial charge in [-0.3, -0.25) is 0 Å². The molecule has 0 radical (unpaired) electrons. The molecule has 0 saturated heterocycles. The second kappa shape index (κ2) is 12.8. The number of unbranched alkanes of at least 4 members (excludes halogenated alkanes) is 3. The molecule has 0 aliphatic carbocycles. The minimum Gasteiger partial charge on any atom is -0.491 e. The lowest BCUT2D eigenvalue weighted by Crippen LogP contribution is -2.24. The Morgan fingerprint density at radius 1 is 0.975 bits per heavy atom. The van der Waals surface area contributed by atoms with E-state index in [1.807, 2.05) is 55.5 Å². The van der Waals surface area contributed by atoms with Crippen molar-refractivity contribution >= 4 is 21.7 Å². The molecule has 0 amide bonds. The van der Waals surface area contributed by atoms with Gasteiger partial charge in [0.2, 0.25) is 0 Å². The van der Waals surface area contributed by atoms with E-state index >= 15 is 0 Å². The van der Waals surface area contributed by atoms with Gasteiger partial charge in [-0.15, -0.1) is 5.10 Å². The zero-order chi connectivity index (χ0) is 27.9. The Morgan fingerprint density at radius 2 is 1.77 bits per heavy atom. The van der Waals surface area contributed by atoms with Crippen molar-refractivity contribution in [3.05, 3.63) is 94.1 Å². The molecule has 2 heterocycles. The van der Waals surface area contributed by atoms with Crippen molar-refractivity contribution in [1.82, 2.24) is 15.0 Å². The summed E-state index contributed by atoms with van der Waals surface area (Å²) in [7, 11) is 0. The highest BCUT2D eigenvalue weighted by molar-refractivity contribution is 5.84. The van der Waals surface area contributed by atoms with Gasteiger partial charge in [0.1, 0.15) is 42.1 Å². The number of aliphatic hydroxyl groups is 1. The van der Waals surface area contributed by atoms with Gasteiger partial charge in [-0.1, -0.05) is 61.7 Å². The maximum Gasteiger partial charge on any atom is 0.339 e. The van der Waals surface area contributed by atoms with Crippen LogP contribution in [0.3, 0.4) is 0 Å². The summed E-state index contributed by atoms with van der Waals surface area (Å²) in [6, 6.07) is 19.5. The molecule has 0 spiro atoms. The summed E-state index contributed by atoms with van der Waals surface area (Å²) in [5.41, 5.74) is 2.57. The second-order valence-corrected chi connectivity index (χ2v) is 10.2.